The molecule has 0 radical (unpaired) electrons. The van der Waals surface area contributed by atoms with Crippen molar-refractivity contribution in [2.75, 3.05) is 20.3 Å². The quantitative estimate of drug-likeness (QED) is 0.766. The van der Waals surface area contributed by atoms with Crippen molar-refractivity contribution < 1.29 is 19.4 Å². The molecule has 2 heterocycles. The highest BCUT2D eigenvalue weighted by Gasteiger charge is 2.35. The van der Waals surface area contributed by atoms with Crippen LogP contribution in [0, 0.1) is 5.92 Å². The second kappa shape index (κ2) is 8.03. The van der Waals surface area contributed by atoms with Gasteiger partial charge in [-0.1, -0.05) is 0 Å². The van der Waals surface area contributed by atoms with Crippen LogP contribution in [0.15, 0.2) is 0 Å². The lowest BCUT2D eigenvalue weighted by Crippen LogP contribution is -2.44. The Morgan fingerprint density at radius 2 is 2.00 bits per heavy atom. The third kappa shape index (κ3) is 3.82. The van der Waals surface area contributed by atoms with Gasteiger partial charge in [-0.15, -0.1) is 5.10 Å². The fraction of sp³-hybridized carbons (Fsp3) is 0.765. The van der Waals surface area contributed by atoms with Crippen molar-refractivity contribution >= 4 is 11.8 Å². The summed E-state index contributed by atoms with van der Waals surface area (Å²) in [6.07, 6.45) is 4.85. The molecule has 0 spiro atoms. The van der Waals surface area contributed by atoms with E-state index in [1.54, 1.807) is 7.05 Å². The molecule has 1 aromatic heterocycles. The SMILES string of the molecule is COc1nc(C(=O)NC2CCC(C(=O)N3CCC[C@H]3CO)CC2)nn1C. The highest BCUT2D eigenvalue weighted by molar-refractivity contribution is 5.90. The molecule has 1 saturated carbocycles. The third-order valence-corrected chi connectivity index (χ3v) is 5.39. The fourth-order valence-electron chi connectivity index (χ4n) is 3.93. The minimum absolute atomic E-state index is 0.0108. The summed E-state index contributed by atoms with van der Waals surface area (Å²) in [7, 11) is 3.14. The van der Waals surface area contributed by atoms with E-state index in [0.717, 1.165) is 45.1 Å². The zero-order valence-electron chi connectivity index (χ0n) is 15.3. The smallest absolute Gasteiger partial charge is 0.314 e. The second-order valence-electron chi connectivity index (χ2n) is 7.08. The van der Waals surface area contributed by atoms with E-state index in [1.165, 1.54) is 11.8 Å². The minimum Gasteiger partial charge on any atom is -0.467 e. The fourth-order valence-corrected chi connectivity index (χ4v) is 3.93. The van der Waals surface area contributed by atoms with E-state index in [4.69, 9.17) is 4.74 Å². The lowest BCUT2D eigenvalue weighted by Gasteiger charge is -2.32. The Kier molecular flexibility index (Phi) is 5.75. The van der Waals surface area contributed by atoms with Gasteiger partial charge in [-0.3, -0.25) is 9.59 Å². The van der Waals surface area contributed by atoms with Crippen molar-refractivity contribution in [2.45, 2.75) is 50.6 Å². The van der Waals surface area contributed by atoms with Gasteiger partial charge in [0.05, 0.1) is 19.8 Å². The lowest BCUT2D eigenvalue weighted by molar-refractivity contribution is -0.138. The van der Waals surface area contributed by atoms with Gasteiger partial charge in [0.2, 0.25) is 11.7 Å². The largest absolute Gasteiger partial charge is 0.467 e. The first-order chi connectivity index (χ1) is 12.5. The molecule has 0 unspecified atom stereocenters. The van der Waals surface area contributed by atoms with Crippen molar-refractivity contribution in [3.05, 3.63) is 5.82 Å². The molecule has 9 nitrogen and oxygen atoms in total. The van der Waals surface area contributed by atoms with Crippen LogP contribution in [-0.2, 0) is 11.8 Å². The van der Waals surface area contributed by atoms with E-state index in [2.05, 4.69) is 15.4 Å². The highest BCUT2D eigenvalue weighted by atomic mass is 16.5. The van der Waals surface area contributed by atoms with E-state index >= 15 is 0 Å². The van der Waals surface area contributed by atoms with Crippen molar-refractivity contribution in [1.82, 2.24) is 25.0 Å². The number of rotatable bonds is 5. The van der Waals surface area contributed by atoms with Gasteiger partial charge in [0.25, 0.3) is 5.91 Å². The zero-order chi connectivity index (χ0) is 18.7. The number of nitrogens with one attached hydrogen (secondary N) is 1. The van der Waals surface area contributed by atoms with E-state index in [-0.39, 0.29) is 48.3 Å². The maximum atomic E-state index is 12.7. The van der Waals surface area contributed by atoms with Gasteiger partial charge in [0.15, 0.2) is 0 Å². The van der Waals surface area contributed by atoms with Gasteiger partial charge in [-0.2, -0.15) is 4.98 Å². The number of aryl methyl sites for hydroxylation is 1. The molecule has 144 valence electrons. The standard InChI is InChI=1S/C17H27N5O4/c1-21-17(26-2)19-14(20-21)15(24)18-12-7-5-11(6-8-12)16(25)22-9-3-4-13(22)10-23/h11-13,23H,3-10H2,1-2H3,(H,18,24)/t11?,12?,13-/m0/s1. The van der Waals surface area contributed by atoms with Crippen LogP contribution in [0.2, 0.25) is 0 Å². The number of nitrogens with zero attached hydrogens (tertiary/aromatic N) is 4. The van der Waals surface area contributed by atoms with Gasteiger partial charge in [0.1, 0.15) is 0 Å². The third-order valence-electron chi connectivity index (χ3n) is 5.39. The number of ether oxygens (including phenoxy) is 1. The number of hydrogen-bond acceptors (Lipinski definition) is 6. The number of carbonyl (C=O) groups is 2. The molecule has 3 rings (SSSR count). The van der Waals surface area contributed by atoms with Crippen LogP contribution in [0.4, 0.5) is 0 Å². The average molecular weight is 365 g/mol. The summed E-state index contributed by atoms with van der Waals surface area (Å²) in [6, 6.07) is 0.284. The van der Waals surface area contributed by atoms with Gasteiger partial charge in [0, 0.05) is 25.6 Å². The Balaban J connectivity index is 1.50. The maximum Gasteiger partial charge on any atom is 0.314 e. The molecule has 1 atom stereocenters. The normalized spacial score (nSPS) is 26.0. The summed E-state index contributed by atoms with van der Waals surface area (Å²) in [5.74, 6) is -0.0882. The van der Waals surface area contributed by atoms with Gasteiger partial charge >= 0.3 is 6.01 Å². The Labute approximate surface area is 152 Å². The molecular formula is C17H27N5O4. The molecule has 1 aliphatic heterocycles. The van der Waals surface area contributed by atoms with Crippen molar-refractivity contribution in [3.63, 3.8) is 0 Å². The molecule has 2 fully saturated rings. The summed E-state index contributed by atoms with van der Waals surface area (Å²) < 4.78 is 6.44. The van der Waals surface area contributed by atoms with Crippen LogP contribution in [-0.4, -0.2) is 68.9 Å². The molecule has 0 bridgehead atoms. The first kappa shape index (κ1) is 18.6. The van der Waals surface area contributed by atoms with Crippen LogP contribution < -0.4 is 10.1 Å². The van der Waals surface area contributed by atoms with Gasteiger partial charge in [-0.25, -0.2) is 4.68 Å². The number of aliphatic hydroxyl groups is 1. The van der Waals surface area contributed by atoms with E-state index in [0.29, 0.717) is 0 Å². The first-order valence-electron chi connectivity index (χ1n) is 9.20. The molecule has 1 aromatic rings. The average Bonchev–Trinajstić information content (AvgIpc) is 3.27. The first-order valence-corrected chi connectivity index (χ1v) is 9.20. The monoisotopic (exact) mass is 365 g/mol. The number of aromatic nitrogens is 3. The summed E-state index contributed by atoms with van der Waals surface area (Å²) in [6.45, 7) is 0.783. The van der Waals surface area contributed by atoms with Crippen LogP contribution in [0.3, 0.4) is 0 Å². The van der Waals surface area contributed by atoms with Gasteiger partial charge < -0.3 is 20.1 Å². The van der Waals surface area contributed by atoms with E-state index in [1.807, 2.05) is 4.90 Å². The molecular weight excluding hydrogens is 338 g/mol. The number of amides is 2. The predicted octanol–water partition coefficient (Wildman–Crippen LogP) is 0.0956. The Bertz CT molecular complexity index is 654. The lowest BCUT2D eigenvalue weighted by atomic mass is 9.85. The molecule has 0 aromatic carbocycles. The van der Waals surface area contributed by atoms with Crippen LogP contribution in [0.1, 0.15) is 49.1 Å². The van der Waals surface area contributed by atoms with Crippen LogP contribution in [0.25, 0.3) is 0 Å². The molecule has 1 saturated heterocycles. The second-order valence-corrected chi connectivity index (χ2v) is 7.08. The Morgan fingerprint density at radius 1 is 1.27 bits per heavy atom. The summed E-state index contributed by atoms with van der Waals surface area (Å²) in [4.78, 5) is 30.9. The highest BCUT2D eigenvalue weighted by Crippen LogP contribution is 2.29. The molecule has 2 aliphatic rings. The maximum absolute atomic E-state index is 12.7. The topological polar surface area (TPSA) is 110 Å². The predicted molar refractivity (Wildman–Crippen MR) is 92.6 cm³/mol. The Hall–Kier alpha value is -2.16. The van der Waals surface area contributed by atoms with E-state index < -0.39 is 0 Å². The molecule has 9 heteroatoms. The number of likely N-dealkylation sites (tertiary alicyclic amines) is 1. The number of aliphatic hydroxyl groups excluding tert-OH is 1. The van der Waals surface area contributed by atoms with E-state index in [9.17, 15) is 14.7 Å². The van der Waals surface area contributed by atoms with Crippen LogP contribution >= 0.6 is 0 Å². The molecule has 1 aliphatic carbocycles. The summed E-state index contributed by atoms with van der Waals surface area (Å²) in [5, 5.41) is 16.4. The van der Waals surface area contributed by atoms with Gasteiger partial charge in [-0.05, 0) is 38.5 Å². The van der Waals surface area contributed by atoms with Crippen molar-refractivity contribution in [3.8, 4) is 6.01 Å². The molecule has 26 heavy (non-hydrogen) atoms. The Morgan fingerprint density at radius 3 is 2.62 bits per heavy atom. The number of carbonyl (C=O) groups excluding carboxylic acids is 2. The summed E-state index contributed by atoms with van der Waals surface area (Å²) in [5.41, 5.74) is 0. The molecule has 2 N–H and O–H groups in total. The number of methoxy groups -OCH3 is 1. The number of hydrogen-bond donors (Lipinski definition) is 2. The van der Waals surface area contributed by atoms with Crippen LogP contribution in [0.5, 0.6) is 6.01 Å². The van der Waals surface area contributed by atoms with Crippen molar-refractivity contribution in [1.29, 1.82) is 0 Å². The summed E-state index contributed by atoms with van der Waals surface area (Å²) >= 11 is 0. The minimum atomic E-state index is -0.321. The van der Waals surface area contributed by atoms with Crippen molar-refractivity contribution in [2.24, 2.45) is 13.0 Å². The molecule has 2 amide bonds. The zero-order valence-corrected chi connectivity index (χ0v) is 15.3.